The van der Waals surface area contributed by atoms with Crippen LogP contribution in [-0.4, -0.2) is 28.6 Å². The Labute approximate surface area is 119 Å². The highest BCUT2D eigenvalue weighted by molar-refractivity contribution is 6.35. The molecule has 0 aliphatic carbocycles. The lowest BCUT2D eigenvalue weighted by Gasteiger charge is -2.30. The zero-order chi connectivity index (χ0) is 14.4. The van der Waals surface area contributed by atoms with Gasteiger partial charge >= 0.3 is 5.97 Å². The molecule has 0 aliphatic rings. The summed E-state index contributed by atoms with van der Waals surface area (Å²) in [5.74, 6) is -0.447. The molecule has 0 amide bonds. The number of aromatic carboxylic acids is 1. The van der Waals surface area contributed by atoms with Crippen molar-refractivity contribution >= 4 is 23.4 Å². The number of aromatic nitrogens is 1. The minimum absolute atomic E-state index is 0.108. The molecule has 19 heavy (non-hydrogen) atoms. The smallest absolute Gasteiger partial charge is 0.337 e. The summed E-state index contributed by atoms with van der Waals surface area (Å²) in [6.45, 7) is 7.15. The van der Waals surface area contributed by atoms with E-state index in [0.717, 1.165) is 25.8 Å². The van der Waals surface area contributed by atoms with Gasteiger partial charge in [0.25, 0.3) is 0 Å². The number of hydrogen-bond acceptors (Lipinski definition) is 3. The van der Waals surface area contributed by atoms with Gasteiger partial charge in [-0.15, -0.1) is 0 Å². The molecule has 106 valence electrons. The molecular formula is C14H21ClN2O2. The summed E-state index contributed by atoms with van der Waals surface area (Å²) in [7, 11) is 0. The van der Waals surface area contributed by atoms with Crippen LogP contribution in [0.4, 0.5) is 5.82 Å². The van der Waals surface area contributed by atoms with Crippen molar-refractivity contribution < 1.29 is 9.90 Å². The van der Waals surface area contributed by atoms with E-state index in [1.807, 2.05) is 0 Å². The van der Waals surface area contributed by atoms with Crippen molar-refractivity contribution in [1.82, 2.24) is 4.98 Å². The van der Waals surface area contributed by atoms with Gasteiger partial charge in [0.2, 0.25) is 0 Å². The lowest BCUT2D eigenvalue weighted by Crippen LogP contribution is -2.34. The number of carbonyl (C=O) groups is 1. The number of pyridine rings is 1. The highest BCUT2D eigenvalue weighted by Gasteiger charge is 2.20. The first-order chi connectivity index (χ1) is 9.02. The molecule has 0 aliphatic heterocycles. The zero-order valence-electron chi connectivity index (χ0n) is 11.7. The molecule has 1 atom stereocenters. The summed E-state index contributed by atoms with van der Waals surface area (Å²) in [4.78, 5) is 17.5. The van der Waals surface area contributed by atoms with Crippen LogP contribution in [0.1, 0.15) is 50.4 Å². The van der Waals surface area contributed by atoms with Crippen molar-refractivity contribution in [3.05, 3.63) is 22.8 Å². The zero-order valence-corrected chi connectivity index (χ0v) is 12.4. The van der Waals surface area contributed by atoms with Crippen LogP contribution < -0.4 is 4.90 Å². The van der Waals surface area contributed by atoms with Gasteiger partial charge in [-0.05, 0) is 25.8 Å². The van der Waals surface area contributed by atoms with E-state index in [1.165, 1.54) is 12.3 Å². The van der Waals surface area contributed by atoms with Gasteiger partial charge in [-0.25, -0.2) is 9.78 Å². The van der Waals surface area contributed by atoms with E-state index in [9.17, 15) is 4.79 Å². The van der Waals surface area contributed by atoms with E-state index in [0.29, 0.717) is 5.82 Å². The third kappa shape index (κ3) is 3.83. The Morgan fingerprint density at radius 1 is 1.53 bits per heavy atom. The molecular weight excluding hydrogens is 264 g/mol. The van der Waals surface area contributed by atoms with Gasteiger partial charge in [-0.2, -0.15) is 0 Å². The predicted molar refractivity (Wildman–Crippen MR) is 78.2 cm³/mol. The van der Waals surface area contributed by atoms with Crippen LogP contribution >= 0.6 is 11.6 Å². The molecule has 1 aromatic heterocycles. The molecule has 0 fully saturated rings. The quantitative estimate of drug-likeness (QED) is 0.826. The van der Waals surface area contributed by atoms with Crippen molar-refractivity contribution in [2.75, 3.05) is 11.4 Å². The highest BCUT2D eigenvalue weighted by atomic mass is 35.5. The second kappa shape index (κ2) is 7.34. The van der Waals surface area contributed by atoms with Gasteiger partial charge in [-0.3, -0.25) is 0 Å². The van der Waals surface area contributed by atoms with E-state index in [2.05, 4.69) is 30.7 Å². The molecule has 1 unspecified atom stereocenters. The number of carboxylic acid groups (broad SMARTS) is 1. The number of carboxylic acids is 1. The monoisotopic (exact) mass is 284 g/mol. The number of unbranched alkanes of at least 4 members (excludes halogenated alkanes) is 1. The summed E-state index contributed by atoms with van der Waals surface area (Å²) in [6, 6.07) is 1.71. The Hall–Kier alpha value is -1.29. The van der Waals surface area contributed by atoms with E-state index in [1.54, 1.807) is 0 Å². The van der Waals surface area contributed by atoms with Gasteiger partial charge in [-0.1, -0.05) is 31.9 Å². The first kappa shape index (κ1) is 15.8. The van der Waals surface area contributed by atoms with Crippen LogP contribution in [0.2, 0.25) is 5.02 Å². The molecule has 1 heterocycles. The number of nitrogens with zero attached hydrogens (tertiary/aromatic N) is 2. The van der Waals surface area contributed by atoms with Crippen molar-refractivity contribution in [1.29, 1.82) is 0 Å². The SMILES string of the molecule is CCCCN(c1nccc(C(=O)O)c1Cl)C(C)CC. The first-order valence-corrected chi connectivity index (χ1v) is 7.05. The Balaban J connectivity index is 3.14. The Kier molecular flexibility index (Phi) is 6.09. The summed E-state index contributed by atoms with van der Waals surface area (Å²) < 4.78 is 0. The summed E-state index contributed by atoms with van der Waals surface area (Å²) in [5.41, 5.74) is 0.108. The van der Waals surface area contributed by atoms with Crippen molar-refractivity contribution in [2.45, 2.75) is 46.1 Å². The van der Waals surface area contributed by atoms with Crippen LogP contribution in [-0.2, 0) is 0 Å². The fraction of sp³-hybridized carbons (Fsp3) is 0.571. The van der Waals surface area contributed by atoms with Gasteiger partial charge in [0, 0.05) is 18.8 Å². The molecule has 0 saturated heterocycles. The van der Waals surface area contributed by atoms with Crippen molar-refractivity contribution in [3.63, 3.8) is 0 Å². The first-order valence-electron chi connectivity index (χ1n) is 6.67. The maximum Gasteiger partial charge on any atom is 0.337 e. The fourth-order valence-corrected chi connectivity index (χ4v) is 2.18. The summed E-state index contributed by atoms with van der Waals surface area (Å²) >= 11 is 6.19. The minimum atomic E-state index is -1.02. The molecule has 1 N–H and O–H groups in total. The second-order valence-electron chi connectivity index (χ2n) is 4.61. The molecule has 0 bridgehead atoms. The maximum absolute atomic E-state index is 11.1. The third-order valence-corrected chi connectivity index (χ3v) is 3.62. The van der Waals surface area contributed by atoms with E-state index in [-0.39, 0.29) is 16.6 Å². The molecule has 0 spiro atoms. The number of anilines is 1. The van der Waals surface area contributed by atoms with Crippen LogP contribution in [0.5, 0.6) is 0 Å². The van der Waals surface area contributed by atoms with Gasteiger partial charge in [0.05, 0.1) is 10.6 Å². The second-order valence-corrected chi connectivity index (χ2v) is 4.98. The molecule has 1 aromatic rings. The Morgan fingerprint density at radius 2 is 2.21 bits per heavy atom. The fourth-order valence-electron chi connectivity index (χ4n) is 1.88. The lowest BCUT2D eigenvalue weighted by molar-refractivity contribution is 0.0697. The standard InChI is InChI=1S/C14H21ClN2O2/c1-4-6-9-17(10(3)5-2)13-12(15)11(14(18)19)7-8-16-13/h7-8,10H,4-6,9H2,1-3H3,(H,18,19). The van der Waals surface area contributed by atoms with Crippen LogP contribution in [0.15, 0.2) is 12.3 Å². The van der Waals surface area contributed by atoms with Gasteiger partial charge in [0.15, 0.2) is 0 Å². The van der Waals surface area contributed by atoms with E-state index in [4.69, 9.17) is 16.7 Å². The summed E-state index contributed by atoms with van der Waals surface area (Å²) in [6.07, 6.45) is 4.56. The van der Waals surface area contributed by atoms with Crippen LogP contribution in [0.3, 0.4) is 0 Å². The van der Waals surface area contributed by atoms with Crippen LogP contribution in [0, 0.1) is 0 Å². The van der Waals surface area contributed by atoms with Crippen molar-refractivity contribution in [3.8, 4) is 0 Å². The third-order valence-electron chi connectivity index (χ3n) is 3.25. The molecule has 1 rings (SSSR count). The highest BCUT2D eigenvalue weighted by Crippen LogP contribution is 2.29. The van der Waals surface area contributed by atoms with Crippen LogP contribution in [0.25, 0.3) is 0 Å². The number of halogens is 1. The molecule has 0 radical (unpaired) electrons. The van der Waals surface area contributed by atoms with E-state index >= 15 is 0 Å². The molecule has 5 heteroatoms. The minimum Gasteiger partial charge on any atom is -0.478 e. The number of hydrogen-bond donors (Lipinski definition) is 1. The predicted octanol–water partition coefficient (Wildman–Crippen LogP) is 3.84. The average molecular weight is 285 g/mol. The van der Waals surface area contributed by atoms with Gasteiger partial charge < -0.3 is 10.0 Å². The molecule has 4 nitrogen and oxygen atoms in total. The Bertz CT molecular complexity index is 437. The Morgan fingerprint density at radius 3 is 2.74 bits per heavy atom. The molecule has 0 saturated carbocycles. The maximum atomic E-state index is 11.1. The van der Waals surface area contributed by atoms with Crippen molar-refractivity contribution in [2.24, 2.45) is 0 Å². The topological polar surface area (TPSA) is 53.4 Å². The summed E-state index contributed by atoms with van der Waals surface area (Å²) in [5, 5.41) is 9.34. The molecule has 0 aromatic carbocycles. The average Bonchev–Trinajstić information content (AvgIpc) is 2.39. The normalized spacial score (nSPS) is 12.2. The van der Waals surface area contributed by atoms with Gasteiger partial charge in [0.1, 0.15) is 5.82 Å². The largest absolute Gasteiger partial charge is 0.478 e. The lowest BCUT2D eigenvalue weighted by atomic mass is 10.1. The van der Waals surface area contributed by atoms with E-state index < -0.39 is 5.97 Å². The number of rotatable bonds is 7.